The maximum atomic E-state index is 12.6. The van der Waals surface area contributed by atoms with Crippen molar-refractivity contribution in [2.24, 2.45) is 11.8 Å². The number of carbonyl (C=O) groups is 1. The van der Waals surface area contributed by atoms with Gasteiger partial charge >= 0.3 is 0 Å². The van der Waals surface area contributed by atoms with Crippen LogP contribution in [-0.4, -0.2) is 56.9 Å². The van der Waals surface area contributed by atoms with Crippen LogP contribution in [0.25, 0.3) is 0 Å². The van der Waals surface area contributed by atoms with E-state index >= 15 is 0 Å². The van der Waals surface area contributed by atoms with Crippen molar-refractivity contribution >= 4 is 14.2 Å². The average molecular weight is 536 g/mol. The molecule has 0 radical (unpaired) electrons. The number of amides is 1. The van der Waals surface area contributed by atoms with E-state index in [0.717, 1.165) is 43.8 Å². The third kappa shape index (κ3) is 11.0. The zero-order valence-corrected chi connectivity index (χ0v) is 25.6. The summed E-state index contributed by atoms with van der Waals surface area (Å²) in [4.78, 5) is 17.7. The monoisotopic (exact) mass is 535 g/mol. The number of carbonyl (C=O) groups excluding carboxylic acids is 1. The summed E-state index contributed by atoms with van der Waals surface area (Å²) in [6, 6.07) is 13.4. The number of rotatable bonds is 19. The van der Waals surface area contributed by atoms with Gasteiger partial charge in [-0.1, -0.05) is 90.4 Å². The van der Waals surface area contributed by atoms with Crippen molar-refractivity contribution in [3.8, 4) is 0 Å². The number of aliphatic hydroxyl groups is 1. The van der Waals surface area contributed by atoms with Gasteiger partial charge in [0.15, 0.2) is 8.32 Å². The van der Waals surface area contributed by atoms with Gasteiger partial charge in [0.05, 0.1) is 37.9 Å². The normalized spacial score (nSPS) is 16.4. The summed E-state index contributed by atoms with van der Waals surface area (Å²) in [5.41, 5.74) is 1.18. The molecule has 0 unspecified atom stereocenters. The van der Waals surface area contributed by atoms with Crippen LogP contribution in [0, 0.1) is 11.8 Å². The highest BCUT2D eigenvalue weighted by molar-refractivity contribution is 6.73. The van der Waals surface area contributed by atoms with Crippen LogP contribution in [0.1, 0.15) is 72.8 Å². The first-order valence-electron chi connectivity index (χ1n) is 14.2. The van der Waals surface area contributed by atoms with E-state index in [0.29, 0.717) is 6.61 Å². The fourth-order valence-corrected chi connectivity index (χ4v) is 7.73. The van der Waals surface area contributed by atoms with Gasteiger partial charge in [-0.2, -0.15) is 0 Å². The van der Waals surface area contributed by atoms with Crippen LogP contribution < -0.4 is 0 Å². The molecule has 0 saturated heterocycles. The standard InChI is InChI=1S/C30H53NO5Si/c1-9-18-27(35-23-26-19-14-13-15-20-26)21-16-17-22-28(36-37(10-2,11-3)12-4)24(5)29(32)25(6)30(33)31(7)34-8/h13-16,19-21,24-25,27-29,32H,9-12,17-18,22-23H2,1-8H3/b21-16+/t24-,25+,27+,28-,29+/m1/s1. The molecular formula is C30H53NO5Si. The second-order valence-corrected chi connectivity index (χ2v) is 14.9. The number of allylic oxidation sites excluding steroid dienone is 1. The summed E-state index contributed by atoms with van der Waals surface area (Å²) in [6.07, 6.45) is 7.16. The lowest BCUT2D eigenvalue weighted by Gasteiger charge is -2.38. The Kier molecular flexibility index (Phi) is 16.2. The molecule has 5 atom stereocenters. The summed E-state index contributed by atoms with van der Waals surface area (Å²) >= 11 is 0. The minimum absolute atomic E-state index is 0.0743. The van der Waals surface area contributed by atoms with E-state index in [1.807, 2.05) is 25.1 Å². The van der Waals surface area contributed by atoms with Crippen LogP contribution in [0.4, 0.5) is 0 Å². The summed E-state index contributed by atoms with van der Waals surface area (Å²) in [5, 5.41) is 12.4. The Hall–Kier alpha value is -1.51. The number of hydroxylamine groups is 2. The van der Waals surface area contributed by atoms with Gasteiger partial charge in [-0.15, -0.1) is 0 Å². The molecule has 1 aromatic rings. The molecule has 0 aliphatic heterocycles. The fourth-order valence-electron chi connectivity index (χ4n) is 4.75. The zero-order valence-electron chi connectivity index (χ0n) is 24.6. The van der Waals surface area contributed by atoms with Gasteiger partial charge in [-0.3, -0.25) is 9.63 Å². The van der Waals surface area contributed by atoms with E-state index in [-0.39, 0.29) is 24.0 Å². The lowest BCUT2D eigenvalue weighted by atomic mass is 9.87. The van der Waals surface area contributed by atoms with Gasteiger partial charge in [0.2, 0.25) is 0 Å². The topological polar surface area (TPSA) is 68.2 Å². The molecule has 0 aliphatic carbocycles. The highest BCUT2D eigenvalue weighted by Crippen LogP contribution is 2.31. The summed E-state index contributed by atoms with van der Waals surface area (Å²) in [7, 11) is 1.13. The SMILES string of the molecule is CCC[C@@H](/C=C/CC[C@@H](O[Si](CC)(CC)CC)[C@@H](C)[C@H](O)[C@H](C)C(=O)N(C)OC)OCc1ccccc1. The van der Waals surface area contributed by atoms with Crippen molar-refractivity contribution < 1.29 is 23.9 Å². The van der Waals surface area contributed by atoms with Crippen LogP contribution in [0.3, 0.4) is 0 Å². The van der Waals surface area contributed by atoms with Crippen LogP contribution in [0.5, 0.6) is 0 Å². The quantitative estimate of drug-likeness (QED) is 0.121. The third-order valence-corrected chi connectivity index (χ3v) is 12.5. The Morgan fingerprint density at radius 3 is 2.22 bits per heavy atom. The van der Waals surface area contributed by atoms with Crippen molar-refractivity contribution in [2.75, 3.05) is 14.2 Å². The van der Waals surface area contributed by atoms with Crippen LogP contribution >= 0.6 is 0 Å². The molecular weight excluding hydrogens is 482 g/mol. The maximum Gasteiger partial charge on any atom is 0.251 e. The molecule has 0 heterocycles. The molecule has 6 nitrogen and oxygen atoms in total. The molecule has 1 amide bonds. The van der Waals surface area contributed by atoms with E-state index in [9.17, 15) is 9.90 Å². The average Bonchev–Trinajstić information content (AvgIpc) is 2.94. The van der Waals surface area contributed by atoms with Gasteiger partial charge in [-0.25, -0.2) is 5.06 Å². The Morgan fingerprint density at radius 2 is 1.68 bits per heavy atom. The number of nitrogens with zero attached hydrogens (tertiary/aromatic N) is 1. The molecule has 1 N–H and O–H groups in total. The highest BCUT2D eigenvalue weighted by atomic mass is 28.4. The van der Waals surface area contributed by atoms with Gasteiger partial charge in [0.1, 0.15) is 0 Å². The van der Waals surface area contributed by atoms with Crippen molar-refractivity contribution in [1.29, 1.82) is 0 Å². The minimum Gasteiger partial charge on any atom is -0.414 e. The predicted molar refractivity (Wildman–Crippen MR) is 154 cm³/mol. The third-order valence-electron chi connectivity index (χ3n) is 7.79. The van der Waals surface area contributed by atoms with Gasteiger partial charge in [0.25, 0.3) is 5.91 Å². The summed E-state index contributed by atoms with van der Waals surface area (Å²) < 4.78 is 13.1. The Labute approximate surface area is 227 Å². The van der Waals surface area contributed by atoms with E-state index in [2.05, 4.69) is 52.0 Å². The van der Waals surface area contributed by atoms with E-state index < -0.39 is 20.3 Å². The zero-order chi connectivity index (χ0) is 27.8. The molecule has 0 spiro atoms. The number of hydrogen-bond acceptors (Lipinski definition) is 5. The Bertz CT molecular complexity index is 762. The molecule has 37 heavy (non-hydrogen) atoms. The summed E-state index contributed by atoms with van der Waals surface area (Å²) in [6.45, 7) is 13.2. The lowest BCUT2D eigenvalue weighted by Crippen LogP contribution is -2.47. The number of ether oxygens (including phenoxy) is 1. The molecule has 7 heteroatoms. The second-order valence-electron chi connectivity index (χ2n) is 10.2. The van der Waals surface area contributed by atoms with Gasteiger partial charge in [0, 0.05) is 13.0 Å². The molecule has 0 bridgehead atoms. The maximum absolute atomic E-state index is 12.6. The smallest absolute Gasteiger partial charge is 0.251 e. The van der Waals surface area contributed by atoms with Crippen molar-refractivity contribution in [3.05, 3.63) is 48.0 Å². The van der Waals surface area contributed by atoms with E-state index in [4.69, 9.17) is 14.0 Å². The largest absolute Gasteiger partial charge is 0.414 e. The molecule has 0 saturated carbocycles. The van der Waals surface area contributed by atoms with Crippen LogP contribution in [-0.2, 0) is 25.4 Å². The van der Waals surface area contributed by atoms with Crippen LogP contribution in [0.15, 0.2) is 42.5 Å². The van der Waals surface area contributed by atoms with Crippen molar-refractivity contribution in [2.45, 2.75) is 110 Å². The van der Waals surface area contributed by atoms with Crippen molar-refractivity contribution in [1.82, 2.24) is 5.06 Å². The second kappa shape index (κ2) is 17.9. The highest BCUT2D eigenvalue weighted by Gasteiger charge is 2.38. The Morgan fingerprint density at radius 1 is 1.05 bits per heavy atom. The first-order chi connectivity index (χ1) is 17.7. The molecule has 0 aliphatic rings. The van der Waals surface area contributed by atoms with E-state index in [1.54, 1.807) is 14.0 Å². The van der Waals surface area contributed by atoms with Crippen molar-refractivity contribution in [3.63, 3.8) is 0 Å². The number of hydrogen-bond donors (Lipinski definition) is 1. The minimum atomic E-state index is -1.90. The predicted octanol–water partition coefficient (Wildman–Crippen LogP) is 6.75. The summed E-state index contributed by atoms with van der Waals surface area (Å²) in [5.74, 6) is -0.999. The fraction of sp³-hybridized carbons (Fsp3) is 0.700. The number of aliphatic hydroxyl groups excluding tert-OH is 1. The van der Waals surface area contributed by atoms with Gasteiger partial charge in [-0.05, 0) is 43.0 Å². The molecule has 1 rings (SSSR count). The Balaban J connectivity index is 2.93. The van der Waals surface area contributed by atoms with Crippen LogP contribution in [0.2, 0.25) is 18.1 Å². The molecule has 212 valence electrons. The molecule has 0 aromatic heterocycles. The van der Waals surface area contributed by atoms with Gasteiger partial charge < -0.3 is 14.3 Å². The molecule has 0 fully saturated rings. The lowest BCUT2D eigenvalue weighted by molar-refractivity contribution is -0.178. The first kappa shape index (κ1) is 33.5. The molecule has 1 aromatic carbocycles. The first-order valence-corrected chi connectivity index (χ1v) is 16.7. The van der Waals surface area contributed by atoms with E-state index in [1.165, 1.54) is 17.7 Å². The number of benzene rings is 1.